The van der Waals surface area contributed by atoms with Crippen LogP contribution in [0, 0.1) is 0 Å². The lowest BCUT2D eigenvalue weighted by Crippen LogP contribution is -2.34. The first kappa shape index (κ1) is 40.7. The van der Waals surface area contributed by atoms with Gasteiger partial charge in [-0.3, -0.25) is 0 Å². The third-order valence-corrected chi connectivity index (χ3v) is 11.7. The lowest BCUT2D eigenvalue weighted by Gasteiger charge is -2.27. The van der Waals surface area contributed by atoms with E-state index in [4.69, 9.17) is 38.0 Å². The van der Waals surface area contributed by atoms with Crippen molar-refractivity contribution in [1.82, 2.24) is 14.9 Å². The molecule has 1 unspecified atom stereocenters. The Morgan fingerprint density at radius 2 is 1.59 bits per heavy atom. The van der Waals surface area contributed by atoms with Gasteiger partial charge in [-0.25, -0.2) is 27.1 Å². The monoisotopic (exact) mass is 819 g/mol. The first-order valence-corrected chi connectivity index (χ1v) is 20.5. The summed E-state index contributed by atoms with van der Waals surface area (Å²) >= 11 is 0. The molecule has 7 rings (SSSR count). The Bertz CT molecular complexity index is 2350. The van der Waals surface area contributed by atoms with E-state index in [0.29, 0.717) is 29.3 Å². The number of rotatable bonds is 14. The van der Waals surface area contributed by atoms with Gasteiger partial charge in [-0.2, -0.15) is 5.10 Å². The van der Waals surface area contributed by atoms with Crippen molar-refractivity contribution in [2.45, 2.75) is 88.7 Å². The lowest BCUT2D eigenvalue weighted by molar-refractivity contribution is -0.0410. The number of nitrogens with zero attached hydrogens (tertiary/aromatic N) is 5. The third-order valence-electron chi connectivity index (χ3n) is 9.95. The fourth-order valence-electron chi connectivity index (χ4n) is 6.98. The number of hydrogen-bond donors (Lipinski definition) is 1. The maximum Gasteiger partial charge on any atom is 0.420 e. The number of amides is 1. The van der Waals surface area contributed by atoms with Crippen molar-refractivity contribution in [3.63, 3.8) is 0 Å². The van der Waals surface area contributed by atoms with Crippen LogP contribution in [0.4, 0.5) is 22.1 Å². The number of hydrogen-bond acceptors (Lipinski definition) is 13. The largest absolute Gasteiger partial charge is 0.497 e. The SMILES string of the molecule is COc1ccc(CN(c2noc3cc(N(C(=O)OC(C)(C)C)c4cc(C5CC5)n(C5CCCCO5)n4)c(OC)cc23)S(=O)(=O)c2c(OC)cc(CO)cc2OC)cc1. The van der Waals surface area contributed by atoms with E-state index >= 15 is 0 Å². The summed E-state index contributed by atoms with van der Waals surface area (Å²) in [6, 6.07) is 14.8. The number of carbonyl (C=O) groups excluding carboxylic acids is 1. The zero-order valence-electron chi connectivity index (χ0n) is 33.7. The summed E-state index contributed by atoms with van der Waals surface area (Å²) in [4.78, 5) is 15.3. The van der Waals surface area contributed by atoms with E-state index in [1.807, 2.05) is 10.7 Å². The van der Waals surface area contributed by atoms with Gasteiger partial charge in [0.25, 0.3) is 10.0 Å². The molecule has 3 heterocycles. The lowest BCUT2D eigenvalue weighted by atomic mass is 10.1. The number of anilines is 3. The van der Waals surface area contributed by atoms with Crippen molar-refractivity contribution < 1.29 is 51.3 Å². The Balaban J connectivity index is 1.39. The van der Waals surface area contributed by atoms with Crippen molar-refractivity contribution in [3.8, 4) is 23.0 Å². The number of methoxy groups -OCH3 is 4. The second-order valence-corrected chi connectivity index (χ2v) is 17.0. The molecule has 5 aromatic rings. The van der Waals surface area contributed by atoms with Crippen LogP contribution in [0.25, 0.3) is 11.0 Å². The van der Waals surface area contributed by atoms with Crippen LogP contribution in [0.2, 0.25) is 0 Å². The summed E-state index contributed by atoms with van der Waals surface area (Å²) in [5, 5.41) is 19.4. The first-order chi connectivity index (χ1) is 27.8. The van der Waals surface area contributed by atoms with Gasteiger partial charge in [-0.05, 0) is 94.3 Å². The second kappa shape index (κ2) is 16.4. The van der Waals surface area contributed by atoms with Crippen LogP contribution >= 0.6 is 0 Å². The average Bonchev–Trinajstić information content (AvgIpc) is 3.85. The Hall–Kier alpha value is -5.52. The van der Waals surface area contributed by atoms with Crippen molar-refractivity contribution in [2.24, 2.45) is 0 Å². The van der Waals surface area contributed by atoms with Gasteiger partial charge in [-0.15, -0.1) is 0 Å². The highest BCUT2D eigenvalue weighted by molar-refractivity contribution is 7.93. The summed E-state index contributed by atoms with van der Waals surface area (Å²) < 4.78 is 73.3. The van der Waals surface area contributed by atoms with Gasteiger partial charge < -0.3 is 38.1 Å². The van der Waals surface area contributed by atoms with Crippen molar-refractivity contribution in [1.29, 1.82) is 0 Å². The summed E-state index contributed by atoms with van der Waals surface area (Å²) in [6.07, 6.45) is 3.78. The molecule has 1 saturated carbocycles. The van der Waals surface area contributed by atoms with Gasteiger partial charge in [-0.1, -0.05) is 17.3 Å². The average molecular weight is 820 g/mol. The molecule has 1 atom stereocenters. The summed E-state index contributed by atoms with van der Waals surface area (Å²) in [6.45, 7) is 5.35. The fourth-order valence-corrected chi connectivity index (χ4v) is 8.67. The molecular formula is C41H49N5O11S. The van der Waals surface area contributed by atoms with E-state index in [1.165, 1.54) is 45.5 Å². The molecule has 2 aromatic heterocycles. The third kappa shape index (κ3) is 8.11. The van der Waals surface area contributed by atoms with Gasteiger partial charge >= 0.3 is 6.09 Å². The minimum Gasteiger partial charge on any atom is -0.497 e. The topological polar surface area (TPSA) is 177 Å². The number of fused-ring (bicyclic) bond motifs is 1. The molecule has 2 aliphatic rings. The van der Waals surface area contributed by atoms with Gasteiger partial charge in [0.15, 0.2) is 28.3 Å². The van der Waals surface area contributed by atoms with E-state index in [-0.39, 0.29) is 69.9 Å². The molecule has 1 amide bonds. The van der Waals surface area contributed by atoms with Crippen LogP contribution in [0.5, 0.6) is 23.0 Å². The second-order valence-electron chi connectivity index (χ2n) is 15.2. The number of aromatic nitrogens is 3. The highest BCUT2D eigenvalue weighted by Gasteiger charge is 2.38. The molecule has 0 bridgehead atoms. The predicted molar refractivity (Wildman–Crippen MR) is 214 cm³/mol. The minimum absolute atomic E-state index is 0.0487. The maximum atomic E-state index is 15.0. The predicted octanol–water partition coefficient (Wildman–Crippen LogP) is 7.60. The van der Waals surface area contributed by atoms with Crippen LogP contribution in [0.3, 0.4) is 0 Å². The van der Waals surface area contributed by atoms with E-state index in [1.54, 1.807) is 57.2 Å². The molecule has 58 heavy (non-hydrogen) atoms. The van der Waals surface area contributed by atoms with Crippen LogP contribution in [0.15, 0.2) is 64.0 Å². The van der Waals surface area contributed by atoms with Crippen LogP contribution in [0.1, 0.15) is 81.8 Å². The zero-order chi connectivity index (χ0) is 41.4. The Kier molecular flexibility index (Phi) is 11.5. The molecule has 2 fully saturated rings. The van der Waals surface area contributed by atoms with Crippen molar-refractivity contribution >= 4 is 44.4 Å². The zero-order valence-corrected chi connectivity index (χ0v) is 34.5. The molecule has 0 spiro atoms. The fraction of sp³-hybridized carbons (Fsp3) is 0.439. The summed E-state index contributed by atoms with van der Waals surface area (Å²) in [5.41, 5.74) is 1.45. The molecule has 1 saturated heterocycles. The molecule has 16 nitrogen and oxygen atoms in total. The standard InChI is InChI=1S/C41H49N5O11S/c1-41(2,3)56-40(48)45(36-22-30(27-13-14-27)46(42-36)37-10-8-9-17-55-37)31-21-32-29(20-33(31)52-5)39(43-57-32)44(23-25-11-15-28(51-4)16-12-25)58(49,50)38-34(53-6)18-26(24-47)19-35(38)54-7/h11-12,15-16,18-22,27,37,47H,8-10,13-14,17,23-24H2,1-7H3. The van der Waals surface area contributed by atoms with Crippen LogP contribution in [-0.4, -0.2) is 75.2 Å². The van der Waals surface area contributed by atoms with Gasteiger partial charge in [0.2, 0.25) is 0 Å². The Morgan fingerprint density at radius 1 is 0.897 bits per heavy atom. The molecule has 1 N–H and O–H groups in total. The molecule has 0 radical (unpaired) electrons. The van der Waals surface area contributed by atoms with E-state index in [2.05, 4.69) is 5.16 Å². The Morgan fingerprint density at radius 3 is 2.16 bits per heavy atom. The number of benzene rings is 3. The van der Waals surface area contributed by atoms with Crippen molar-refractivity contribution in [2.75, 3.05) is 44.3 Å². The molecule has 310 valence electrons. The normalized spacial score (nSPS) is 15.9. The number of aliphatic hydroxyl groups is 1. The highest BCUT2D eigenvalue weighted by atomic mass is 32.2. The van der Waals surface area contributed by atoms with E-state index in [0.717, 1.165) is 42.1 Å². The maximum absolute atomic E-state index is 15.0. The highest BCUT2D eigenvalue weighted by Crippen LogP contribution is 2.47. The molecule has 1 aliphatic carbocycles. The number of ether oxygens (including phenoxy) is 6. The van der Waals surface area contributed by atoms with Gasteiger partial charge in [0.1, 0.15) is 28.6 Å². The smallest absolute Gasteiger partial charge is 0.420 e. The number of sulfonamides is 1. The van der Waals surface area contributed by atoms with Crippen LogP contribution < -0.4 is 28.2 Å². The molecule has 17 heteroatoms. The van der Waals surface area contributed by atoms with E-state index in [9.17, 15) is 18.3 Å². The summed E-state index contributed by atoms with van der Waals surface area (Å²) in [5.74, 6) is 1.18. The molecule has 1 aliphatic heterocycles. The molecule has 3 aromatic carbocycles. The first-order valence-electron chi connectivity index (χ1n) is 19.0. The van der Waals surface area contributed by atoms with Crippen LogP contribution in [-0.2, 0) is 32.6 Å². The van der Waals surface area contributed by atoms with Crippen molar-refractivity contribution in [3.05, 3.63) is 71.4 Å². The number of aliphatic hydroxyl groups excluding tert-OH is 1. The Labute approximate surface area is 337 Å². The number of carbonyl (C=O) groups is 1. The minimum atomic E-state index is -4.58. The quantitative estimate of drug-likeness (QED) is 0.116. The summed E-state index contributed by atoms with van der Waals surface area (Å²) in [7, 11) is 1.06. The van der Waals surface area contributed by atoms with Gasteiger partial charge in [0.05, 0.1) is 52.7 Å². The van der Waals surface area contributed by atoms with E-state index < -0.39 is 21.7 Å². The molecular weight excluding hydrogens is 771 g/mol. The van der Waals surface area contributed by atoms with Gasteiger partial charge in [0, 0.05) is 30.4 Å².